The van der Waals surface area contributed by atoms with Crippen LogP contribution in [-0.4, -0.2) is 66.9 Å². The average molecular weight is 855 g/mol. The summed E-state index contributed by atoms with van der Waals surface area (Å²) in [6.07, 6.45) is -2.19. The molecule has 1 aliphatic heterocycles. The summed E-state index contributed by atoms with van der Waals surface area (Å²) in [6, 6.07) is 30.4. The molecule has 0 spiro atoms. The molecule has 0 unspecified atom stereocenters. The van der Waals surface area contributed by atoms with Gasteiger partial charge in [0.05, 0.1) is 37.6 Å². The zero-order valence-electron chi connectivity index (χ0n) is 32.7. The van der Waals surface area contributed by atoms with E-state index >= 15 is 0 Å². The highest BCUT2D eigenvalue weighted by Crippen LogP contribution is 2.36. The molecule has 1 heterocycles. The molecule has 1 fully saturated rings. The summed E-state index contributed by atoms with van der Waals surface area (Å²) < 4.78 is 33.1. The molecular formula is C42H52BIO10. The van der Waals surface area contributed by atoms with Gasteiger partial charge in [-0.15, -0.1) is 0 Å². The van der Waals surface area contributed by atoms with Crippen LogP contribution in [0.15, 0.2) is 97.1 Å². The molecule has 0 aromatic heterocycles. The van der Waals surface area contributed by atoms with E-state index in [1.165, 1.54) is 14.2 Å². The summed E-state index contributed by atoms with van der Waals surface area (Å²) in [7, 11) is 2.31. The van der Waals surface area contributed by atoms with Gasteiger partial charge < -0.3 is 38.5 Å². The van der Waals surface area contributed by atoms with Gasteiger partial charge in [-0.1, -0.05) is 54.6 Å². The molecule has 10 nitrogen and oxygen atoms in total. The number of hydrogen-bond donors (Lipinski definition) is 2. The lowest BCUT2D eigenvalue weighted by molar-refractivity contribution is -0.148. The number of ether oxygens (including phenoxy) is 4. The number of carbonyl (C=O) groups is 2. The highest BCUT2D eigenvalue weighted by atomic mass is 127. The molecule has 0 amide bonds. The first-order valence-corrected chi connectivity index (χ1v) is 18.7. The van der Waals surface area contributed by atoms with E-state index in [2.05, 4.69) is 32.1 Å². The van der Waals surface area contributed by atoms with E-state index in [1.807, 2.05) is 125 Å². The lowest BCUT2D eigenvalue weighted by Crippen LogP contribution is -2.41. The van der Waals surface area contributed by atoms with Crippen molar-refractivity contribution in [2.45, 2.75) is 91.0 Å². The third-order valence-corrected chi connectivity index (χ3v) is 9.70. The van der Waals surface area contributed by atoms with Crippen molar-refractivity contribution in [2.75, 3.05) is 14.2 Å². The molecule has 0 bridgehead atoms. The van der Waals surface area contributed by atoms with Gasteiger partial charge in [-0.25, -0.2) is 9.59 Å². The van der Waals surface area contributed by atoms with E-state index in [1.54, 1.807) is 27.7 Å². The van der Waals surface area contributed by atoms with Crippen molar-refractivity contribution in [1.29, 1.82) is 0 Å². The van der Waals surface area contributed by atoms with Crippen molar-refractivity contribution in [3.8, 4) is 22.6 Å². The lowest BCUT2D eigenvalue weighted by atomic mass is 9.78. The fourth-order valence-corrected chi connectivity index (χ4v) is 5.36. The number of aliphatic hydroxyl groups is 2. The number of carbonyl (C=O) groups excluding carboxylic acids is 2. The van der Waals surface area contributed by atoms with E-state index in [9.17, 15) is 19.8 Å². The van der Waals surface area contributed by atoms with Crippen molar-refractivity contribution >= 4 is 47.1 Å². The molecule has 54 heavy (non-hydrogen) atoms. The second kappa shape index (κ2) is 20.1. The van der Waals surface area contributed by atoms with Gasteiger partial charge in [-0.05, 0) is 148 Å². The Bertz CT molecular complexity index is 1780. The molecule has 4 aromatic rings. The maximum absolute atomic E-state index is 11.3. The van der Waals surface area contributed by atoms with Crippen LogP contribution in [0, 0.1) is 3.57 Å². The molecule has 4 atom stereocenters. The van der Waals surface area contributed by atoms with Gasteiger partial charge in [0, 0.05) is 3.57 Å². The Morgan fingerprint density at radius 1 is 0.630 bits per heavy atom. The number of rotatable bonds is 10. The molecule has 0 aliphatic carbocycles. The van der Waals surface area contributed by atoms with Crippen LogP contribution in [0.25, 0.3) is 11.1 Å². The lowest BCUT2D eigenvalue weighted by Gasteiger charge is -2.32. The molecular weight excluding hydrogens is 802 g/mol. The zero-order valence-corrected chi connectivity index (χ0v) is 34.8. The van der Waals surface area contributed by atoms with Crippen molar-refractivity contribution in [2.24, 2.45) is 0 Å². The van der Waals surface area contributed by atoms with E-state index in [0.29, 0.717) is 11.5 Å². The van der Waals surface area contributed by atoms with Gasteiger partial charge in [0.2, 0.25) is 0 Å². The molecule has 0 saturated carbocycles. The van der Waals surface area contributed by atoms with E-state index in [0.717, 1.165) is 31.3 Å². The molecule has 1 saturated heterocycles. The maximum atomic E-state index is 11.3. The van der Waals surface area contributed by atoms with Crippen molar-refractivity contribution in [1.82, 2.24) is 0 Å². The molecule has 0 radical (unpaired) electrons. The van der Waals surface area contributed by atoms with E-state index in [-0.39, 0.29) is 24.3 Å². The summed E-state index contributed by atoms with van der Waals surface area (Å²) in [5.74, 6) is 0.494. The third kappa shape index (κ3) is 12.8. The highest BCUT2D eigenvalue weighted by Gasteiger charge is 2.51. The van der Waals surface area contributed by atoms with Crippen LogP contribution in [0.3, 0.4) is 0 Å². The average Bonchev–Trinajstić information content (AvgIpc) is 3.38. The van der Waals surface area contributed by atoms with Crippen LogP contribution in [0.1, 0.15) is 78.7 Å². The number of hydrogen-bond acceptors (Lipinski definition) is 10. The van der Waals surface area contributed by atoms with Gasteiger partial charge in [-0.2, -0.15) is 0 Å². The van der Waals surface area contributed by atoms with Gasteiger partial charge in [0.15, 0.2) is 12.2 Å². The first kappa shape index (κ1) is 44.5. The van der Waals surface area contributed by atoms with Gasteiger partial charge in [0.1, 0.15) is 11.5 Å². The van der Waals surface area contributed by atoms with Crippen molar-refractivity contribution in [3.63, 3.8) is 0 Å². The Balaban J connectivity index is 0.000000224. The Morgan fingerprint density at radius 2 is 1.06 bits per heavy atom. The number of methoxy groups -OCH3 is 2. The second-order valence-electron chi connectivity index (χ2n) is 13.8. The topological polar surface area (TPSA) is 130 Å². The molecule has 2 N–H and O–H groups in total. The zero-order chi connectivity index (χ0) is 40.2. The van der Waals surface area contributed by atoms with Crippen LogP contribution >= 0.6 is 22.6 Å². The Kier molecular flexibility index (Phi) is 16.6. The van der Waals surface area contributed by atoms with Crippen LogP contribution in [0.5, 0.6) is 11.5 Å². The fraction of sp³-hybridized carbons (Fsp3) is 0.381. The SMILES string of the molecule is COC(=O)[C@H](C)Oc1ccc(-c2cccc([C@@H](C)O)c2)cc1.COC(=O)[C@H](C)Oc1ccc(I)cc1.C[C@@H](O)c1cccc(B2OC(C)(C)C(C)(C)O2)c1. The van der Waals surface area contributed by atoms with Gasteiger partial charge in [0.25, 0.3) is 0 Å². The molecule has 5 rings (SSSR count). The standard InChI is InChI=1S/C18H20O4.C14H21BO3.C10H11IO3/c1-12(19)15-5-4-6-16(11-15)14-7-9-17(10-8-14)22-13(2)18(20)21-3;1-10(16)11-7-6-8-12(9-11)15-17-13(2,3)14(4,5)18-15;1-7(10(12)13-2)14-9-5-3-8(11)4-6-9/h4-13,19H,1-3H3;6-10,16H,1-5H3;3-7H,1-2H3/t12-,13+;10-;7-/m110/s1. The molecule has 4 aromatic carbocycles. The number of benzene rings is 4. The van der Waals surface area contributed by atoms with Crippen LogP contribution in [0.4, 0.5) is 0 Å². The van der Waals surface area contributed by atoms with Gasteiger partial charge in [-0.3, -0.25) is 0 Å². The minimum absolute atomic E-state index is 0.335. The van der Waals surface area contributed by atoms with E-state index < -0.39 is 30.4 Å². The normalized spacial score (nSPS) is 16.2. The summed E-state index contributed by atoms with van der Waals surface area (Å²) in [6.45, 7) is 14.9. The summed E-state index contributed by atoms with van der Waals surface area (Å²) in [5.41, 5.74) is 4.06. The molecule has 12 heteroatoms. The van der Waals surface area contributed by atoms with Crippen LogP contribution in [-0.2, 0) is 28.4 Å². The Morgan fingerprint density at radius 3 is 1.50 bits per heavy atom. The number of halogens is 1. The third-order valence-electron chi connectivity index (χ3n) is 8.98. The quantitative estimate of drug-likeness (QED) is 0.0934. The van der Waals surface area contributed by atoms with Crippen LogP contribution in [0.2, 0.25) is 0 Å². The van der Waals surface area contributed by atoms with Gasteiger partial charge >= 0.3 is 19.1 Å². The first-order chi connectivity index (χ1) is 25.4. The summed E-state index contributed by atoms with van der Waals surface area (Å²) in [5, 5.41) is 19.3. The smallest absolute Gasteiger partial charge is 0.479 e. The Labute approximate surface area is 333 Å². The predicted molar refractivity (Wildman–Crippen MR) is 219 cm³/mol. The predicted octanol–water partition coefficient (Wildman–Crippen LogP) is 7.62. The number of esters is 2. The largest absolute Gasteiger partial charge is 0.494 e. The van der Waals surface area contributed by atoms with Crippen molar-refractivity contribution < 1.29 is 48.1 Å². The van der Waals surface area contributed by atoms with Crippen molar-refractivity contribution in [3.05, 3.63) is 112 Å². The second-order valence-corrected chi connectivity index (χ2v) is 15.0. The fourth-order valence-electron chi connectivity index (χ4n) is 5.00. The Hall–Kier alpha value is -3.95. The number of aliphatic hydroxyl groups excluding tert-OH is 2. The van der Waals surface area contributed by atoms with E-state index in [4.69, 9.17) is 18.8 Å². The summed E-state index contributed by atoms with van der Waals surface area (Å²) in [4.78, 5) is 22.4. The summed E-state index contributed by atoms with van der Waals surface area (Å²) >= 11 is 2.20. The minimum Gasteiger partial charge on any atom is -0.479 e. The molecule has 290 valence electrons. The monoisotopic (exact) mass is 854 g/mol. The first-order valence-electron chi connectivity index (χ1n) is 17.6. The highest BCUT2D eigenvalue weighted by molar-refractivity contribution is 14.1. The maximum Gasteiger partial charge on any atom is 0.494 e. The van der Waals surface area contributed by atoms with Crippen LogP contribution < -0.4 is 14.9 Å². The molecule has 1 aliphatic rings. The minimum atomic E-state index is -0.644.